The second-order valence-corrected chi connectivity index (χ2v) is 9.44. The molecule has 2 fully saturated rings. The van der Waals surface area contributed by atoms with Crippen molar-refractivity contribution in [3.05, 3.63) is 0 Å². The topological polar surface area (TPSA) is 57.6 Å². The predicted molar refractivity (Wildman–Crippen MR) is 86.1 cm³/mol. The Morgan fingerprint density at radius 1 is 1.19 bits per heavy atom. The van der Waals surface area contributed by atoms with Crippen LogP contribution in [0.2, 0.25) is 0 Å². The van der Waals surface area contributed by atoms with E-state index in [2.05, 4.69) is 11.8 Å². The molecule has 1 heterocycles. The minimum Gasteiger partial charge on any atom is -0.390 e. The van der Waals surface area contributed by atoms with Crippen molar-refractivity contribution in [2.75, 3.05) is 25.9 Å². The van der Waals surface area contributed by atoms with Gasteiger partial charge in [0, 0.05) is 12.8 Å². The maximum atomic E-state index is 11.8. The third-order valence-electron chi connectivity index (χ3n) is 5.48. The van der Waals surface area contributed by atoms with Gasteiger partial charge in [-0.1, -0.05) is 13.3 Å². The highest BCUT2D eigenvalue weighted by Crippen LogP contribution is 2.40. The molecular weight excluding hydrogens is 286 g/mol. The molecule has 0 bridgehead atoms. The second kappa shape index (κ2) is 6.97. The first-order valence-corrected chi connectivity index (χ1v) is 10.4. The third-order valence-corrected chi connectivity index (χ3v) is 7.12. The lowest BCUT2D eigenvalue weighted by Gasteiger charge is -2.40. The molecule has 2 rings (SSSR count). The Bertz CT molecular complexity index is 437. The van der Waals surface area contributed by atoms with Crippen molar-refractivity contribution in [2.45, 2.75) is 69.1 Å². The van der Waals surface area contributed by atoms with Gasteiger partial charge in [-0.15, -0.1) is 0 Å². The summed E-state index contributed by atoms with van der Waals surface area (Å²) in [5, 5.41) is 10.9. The Labute approximate surface area is 129 Å². The van der Waals surface area contributed by atoms with Crippen LogP contribution in [-0.2, 0) is 9.84 Å². The lowest BCUT2D eigenvalue weighted by atomic mass is 9.73. The molecule has 0 amide bonds. The van der Waals surface area contributed by atoms with Crippen molar-refractivity contribution in [1.29, 1.82) is 0 Å². The van der Waals surface area contributed by atoms with Gasteiger partial charge in [0.05, 0.1) is 10.9 Å². The molecule has 0 aromatic rings. The molecule has 3 atom stereocenters. The van der Waals surface area contributed by atoms with Crippen molar-refractivity contribution in [2.24, 2.45) is 5.92 Å². The van der Waals surface area contributed by atoms with Gasteiger partial charge in [-0.2, -0.15) is 0 Å². The fourth-order valence-electron chi connectivity index (χ4n) is 4.17. The summed E-state index contributed by atoms with van der Waals surface area (Å²) >= 11 is 0. The van der Waals surface area contributed by atoms with E-state index in [1.54, 1.807) is 0 Å². The molecule has 21 heavy (non-hydrogen) atoms. The zero-order valence-electron chi connectivity index (χ0n) is 13.6. The van der Waals surface area contributed by atoms with Gasteiger partial charge < -0.3 is 10.0 Å². The first-order valence-electron chi connectivity index (χ1n) is 8.49. The Morgan fingerprint density at radius 3 is 2.62 bits per heavy atom. The van der Waals surface area contributed by atoms with Crippen molar-refractivity contribution in [1.82, 2.24) is 4.90 Å². The van der Waals surface area contributed by atoms with E-state index in [0.717, 1.165) is 64.6 Å². The largest absolute Gasteiger partial charge is 0.390 e. The van der Waals surface area contributed by atoms with Gasteiger partial charge in [0.1, 0.15) is 9.84 Å². The fourth-order valence-corrected chi connectivity index (χ4v) is 5.34. The molecule has 0 spiro atoms. The summed E-state index contributed by atoms with van der Waals surface area (Å²) in [5.41, 5.74) is -0.647. The van der Waals surface area contributed by atoms with E-state index in [4.69, 9.17) is 0 Å². The monoisotopic (exact) mass is 317 g/mol. The Hall–Kier alpha value is -0.130. The zero-order valence-corrected chi connectivity index (χ0v) is 14.4. The molecule has 0 aromatic heterocycles. The summed E-state index contributed by atoms with van der Waals surface area (Å²) < 4.78 is 23.7. The van der Waals surface area contributed by atoms with Crippen LogP contribution in [0.5, 0.6) is 0 Å². The maximum absolute atomic E-state index is 11.8. The summed E-state index contributed by atoms with van der Waals surface area (Å²) in [7, 11) is -2.97. The van der Waals surface area contributed by atoms with Crippen LogP contribution in [0.3, 0.4) is 0 Å². The van der Waals surface area contributed by atoms with Gasteiger partial charge in [0.15, 0.2) is 0 Å². The molecule has 4 nitrogen and oxygen atoms in total. The van der Waals surface area contributed by atoms with Crippen LogP contribution in [-0.4, -0.2) is 55.2 Å². The highest BCUT2D eigenvalue weighted by Gasteiger charge is 2.42. The summed E-state index contributed by atoms with van der Waals surface area (Å²) in [6.45, 7) is 5.31. The molecule has 1 N–H and O–H groups in total. The standard InChI is InChI=1S/C16H31NO3S/c1-3-10-17-11-5-8-16(18,9-12-17)14-6-4-7-15(13-14)21(2,19)20/h14-15,18H,3-13H2,1-2H3. The van der Waals surface area contributed by atoms with Crippen molar-refractivity contribution < 1.29 is 13.5 Å². The van der Waals surface area contributed by atoms with Crippen LogP contribution in [0.4, 0.5) is 0 Å². The molecule has 0 aromatic carbocycles. The quantitative estimate of drug-likeness (QED) is 0.864. The normalized spacial score (nSPS) is 36.3. The average Bonchev–Trinajstić information content (AvgIpc) is 2.62. The molecule has 1 aliphatic carbocycles. The molecule has 1 aliphatic heterocycles. The van der Waals surface area contributed by atoms with Gasteiger partial charge in [-0.3, -0.25) is 0 Å². The van der Waals surface area contributed by atoms with Gasteiger partial charge in [0.25, 0.3) is 0 Å². The Balaban J connectivity index is 2.02. The molecule has 1 saturated carbocycles. The number of rotatable bonds is 4. The number of hydrogen-bond acceptors (Lipinski definition) is 4. The second-order valence-electron chi connectivity index (χ2n) is 7.11. The van der Waals surface area contributed by atoms with E-state index < -0.39 is 15.4 Å². The van der Waals surface area contributed by atoms with E-state index in [0.29, 0.717) is 6.42 Å². The number of aliphatic hydroxyl groups is 1. The number of sulfone groups is 1. The lowest BCUT2D eigenvalue weighted by Crippen LogP contribution is -2.43. The lowest BCUT2D eigenvalue weighted by molar-refractivity contribution is -0.0438. The van der Waals surface area contributed by atoms with E-state index in [1.807, 2.05) is 0 Å². The summed E-state index contributed by atoms with van der Waals surface area (Å²) in [6.07, 6.45) is 8.49. The van der Waals surface area contributed by atoms with E-state index in [9.17, 15) is 13.5 Å². The highest BCUT2D eigenvalue weighted by atomic mass is 32.2. The predicted octanol–water partition coefficient (Wildman–Crippen LogP) is 2.22. The van der Waals surface area contributed by atoms with Crippen LogP contribution >= 0.6 is 0 Å². The maximum Gasteiger partial charge on any atom is 0.150 e. The van der Waals surface area contributed by atoms with Crippen LogP contribution in [0, 0.1) is 5.92 Å². The Kier molecular flexibility index (Phi) is 5.71. The first-order chi connectivity index (χ1) is 9.85. The minimum atomic E-state index is -2.97. The van der Waals surface area contributed by atoms with E-state index in [1.165, 1.54) is 6.26 Å². The molecule has 3 unspecified atom stereocenters. The van der Waals surface area contributed by atoms with E-state index in [-0.39, 0.29) is 11.2 Å². The van der Waals surface area contributed by atoms with Gasteiger partial charge in [-0.05, 0) is 64.0 Å². The summed E-state index contributed by atoms with van der Waals surface area (Å²) in [4.78, 5) is 2.44. The molecule has 2 aliphatic rings. The van der Waals surface area contributed by atoms with Crippen LogP contribution in [0.15, 0.2) is 0 Å². The minimum absolute atomic E-state index is 0.160. The number of nitrogens with zero attached hydrogens (tertiary/aromatic N) is 1. The third kappa shape index (κ3) is 4.42. The van der Waals surface area contributed by atoms with Gasteiger partial charge >= 0.3 is 0 Å². The van der Waals surface area contributed by atoms with Crippen LogP contribution < -0.4 is 0 Å². The number of hydrogen-bond donors (Lipinski definition) is 1. The first kappa shape index (κ1) is 17.2. The van der Waals surface area contributed by atoms with Crippen molar-refractivity contribution in [3.8, 4) is 0 Å². The van der Waals surface area contributed by atoms with Gasteiger partial charge in [-0.25, -0.2) is 8.42 Å². The van der Waals surface area contributed by atoms with Crippen molar-refractivity contribution >= 4 is 9.84 Å². The summed E-state index contributed by atoms with van der Waals surface area (Å²) in [6, 6.07) is 0. The fraction of sp³-hybridized carbons (Fsp3) is 1.00. The average molecular weight is 317 g/mol. The molecule has 1 saturated heterocycles. The van der Waals surface area contributed by atoms with E-state index >= 15 is 0 Å². The Morgan fingerprint density at radius 2 is 1.95 bits per heavy atom. The molecule has 124 valence electrons. The molecular formula is C16H31NO3S. The smallest absolute Gasteiger partial charge is 0.150 e. The summed E-state index contributed by atoms with van der Waals surface area (Å²) in [5.74, 6) is 0.160. The van der Waals surface area contributed by atoms with Crippen molar-refractivity contribution in [3.63, 3.8) is 0 Å². The van der Waals surface area contributed by atoms with Crippen LogP contribution in [0.1, 0.15) is 58.3 Å². The van der Waals surface area contributed by atoms with Gasteiger partial charge in [0.2, 0.25) is 0 Å². The van der Waals surface area contributed by atoms with Crippen LogP contribution in [0.25, 0.3) is 0 Å². The molecule has 0 radical (unpaired) electrons. The number of likely N-dealkylation sites (tertiary alicyclic amines) is 1. The zero-order chi connectivity index (χ0) is 15.5. The molecule has 5 heteroatoms. The SMILES string of the molecule is CCCN1CCCC(O)(C2CCCC(S(C)(=O)=O)C2)CC1. The highest BCUT2D eigenvalue weighted by molar-refractivity contribution is 7.91.